The van der Waals surface area contributed by atoms with Crippen LogP contribution in [-0.2, 0) is 6.54 Å². The summed E-state index contributed by atoms with van der Waals surface area (Å²) in [5.74, 6) is 0.189. The van der Waals surface area contributed by atoms with Gasteiger partial charge in [-0.15, -0.1) is 0 Å². The Hall–Kier alpha value is -1.76. The molecule has 7 heteroatoms. The average molecular weight is 254 g/mol. The summed E-state index contributed by atoms with van der Waals surface area (Å²) in [5, 5.41) is 13.9. The summed E-state index contributed by atoms with van der Waals surface area (Å²) in [5.41, 5.74) is -0.629. The molecule has 0 bridgehead atoms. The number of nitro groups is 1. The van der Waals surface area contributed by atoms with Crippen LogP contribution in [-0.4, -0.2) is 27.1 Å². The monoisotopic (exact) mass is 254 g/mol. The third-order valence-corrected chi connectivity index (χ3v) is 2.43. The van der Waals surface area contributed by atoms with Gasteiger partial charge in [0, 0.05) is 12.6 Å². The Morgan fingerprint density at radius 1 is 1.50 bits per heavy atom. The molecule has 0 saturated carbocycles. The largest absolute Gasteiger partial charge is 0.347 e. The van der Waals surface area contributed by atoms with E-state index in [1.807, 2.05) is 20.8 Å². The second-order valence-corrected chi connectivity index (χ2v) is 4.67. The Kier molecular flexibility index (Phi) is 4.96. The molecule has 0 aliphatic heterocycles. The fourth-order valence-corrected chi connectivity index (χ4v) is 1.51. The smallest absolute Gasteiger partial charge is 0.314 e. The molecule has 7 nitrogen and oxygen atoms in total. The summed E-state index contributed by atoms with van der Waals surface area (Å²) in [6.07, 6.45) is 2.22. The Balaban J connectivity index is 2.74. The molecule has 1 aromatic rings. The lowest BCUT2D eigenvalue weighted by Gasteiger charge is -2.15. The number of rotatable bonds is 6. The van der Waals surface area contributed by atoms with Crippen molar-refractivity contribution >= 4 is 5.69 Å². The summed E-state index contributed by atoms with van der Waals surface area (Å²) in [7, 11) is 0. The summed E-state index contributed by atoms with van der Waals surface area (Å²) in [6.45, 7) is 7.20. The van der Waals surface area contributed by atoms with Gasteiger partial charge >= 0.3 is 11.4 Å². The van der Waals surface area contributed by atoms with Crippen LogP contribution in [0.4, 0.5) is 5.69 Å². The van der Waals surface area contributed by atoms with Crippen LogP contribution < -0.4 is 11.0 Å². The van der Waals surface area contributed by atoms with Crippen molar-refractivity contribution in [2.24, 2.45) is 5.92 Å². The highest BCUT2D eigenvalue weighted by Gasteiger charge is 2.11. The number of aromatic nitrogens is 2. The highest BCUT2D eigenvalue weighted by atomic mass is 16.6. The van der Waals surface area contributed by atoms with Gasteiger partial charge in [0.2, 0.25) is 0 Å². The Morgan fingerprint density at radius 2 is 2.17 bits per heavy atom. The summed E-state index contributed by atoms with van der Waals surface area (Å²) < 4.78 is 1.28. The minimum atomic E-state index is -0.556. The summed E-state index contributed by atoms with van der Waals surface area (Å²) in [6, 6.07) is 0.368. The van der Waals surface area contributed by atoms with Crippen molar-refractivity contribution < 1.29 is 4.92 Å². The summed E-state index contributed by atoms with van der Waals surface area (Å²) >= 11 is 0. The van der Waals surface area contributed by atoms with E-state index < -0.39 is 10.6 Å². The lowest BCUT2D eigenvalue weighted by atomic mass is 10.1. The molecule has 1 heterocycles. The molecule has 0 aromatic carbocycles. The molecule has 0 radical (unpaired) electrons. The molecule has 1 rings (SSSR count). The van der Waals surface area contributed by atoms with E-state index in [9.17, 15) is 14.9 Å². The van der Waals surface area contributed by atoms with Gasteiger partial charge < -0.3 is 5.32 Å². The highest BCUT2D eigenvalue weighted by molar-refractivity contribution is 5.20. The van der Waals surface area contributed by atoms with Crippen molar-refractivity contribution in [2.45, 2.75) is 33.4 Å². The van der Waals surface area contributed by atoms with E-state index in [1.54, 1.807) is 0 Å². The molecule has 0 spiro atoms. The Labute approximate surface area is 105 Å². The predicted octanol–water partition coefficient (Wildman–Crippen LogP) is 0.786. The lowest BCUT2D eigenvalue weighted by molar-refractivity contribution is -0.385. The molecule has 1 atom stereocenters. The fraction of sp³-hybridized carbons (Fsp3) is 0.636. The fourth-order valence-electron chi connectivity index (χ4n) is 1.51. The molecular formula is C11H18N4O3. The standard InChI is InChI=1S/C11H18N4O3/c1-8(2)12-4-9(3)6-14-7-10(15(17)18)5-13-11(14)16/h5,7-9,12H,4,6H2,1-3H3. The second-order valence-electron chi connectivity index (χ2n) is 4.67. The van der Waals surface area contributed by atoms with E-state index in [0.29, 0.717) is 12.6 Å². The van der Waals surface area contributed by atoms with Gasteiger partial charge in [-0.2, -0.15) is 4.98 Å². The van der Waals surface area contributed by atoms with Crippen molar-refractivity contribution in [1.82, 2.24) is 14.9 Å². The number of nitrogens with zero attached hydrogens (tertiary/aromatic N) is 3. The molecular weight excluding hydrogens is 236 g/mol. The van der Waals surface area contributed by atoms with E-state index in [2.05, 4.69) is 10.3 Å². The maximum absolute atomic E-state index is 11.5. The van der Waals surface area contributed by atoms with Crippen molar-refractivity contribution in [3.8, 4) is 0 Å². The van der Waals surface area contributed by atoms with Gasteiger partial charge in [0.1, 0.15) is 6.20 Å². The molecule has 18 heavy (non-hydrogen) atoms. The van der Waals surface area contributed by atoms with Crippen LogP contribution in [0.2, 0.25) is 0 Å². The Bertz CT molecular complexity index is 470. The summed E-state index contributed by atoms with van der Waals surface area (Å²) in [4.78, 5) is 25.0. The molecule has 1 aromatic heterocycles. The first-order chi connectivity index (χ1) is 8.40. The van der Waals surface area contributed by atoms with Crippen LogP contribution in [0.1, 0.15) is 20.8 Å². The quantitative estimate of drug-likeness (QED) is 0.598. The molecule has 0 aliphatic rings. The lowest BCUT2D eigenvalue weighted by Crippen LogP contribution is -2.32. The zero-order valence-electron chi connectivity index (χ0n) is 10.8. The molecule has 100 valence electrons. The minimum Gasteiger partial charge on any atom is -0.314 e. The van der Waals surface area contributed by atoms with Gasteiger partial charge in [0.05, 0.1) is 11.1 Å². The molecule has 0 fully saturated rings. The topological polar surface area (TPSA) is 90.1 Å². The zero-order chi connectivity index (χ0) is 13.7. The number of hydrogen-bond acceptors (Lipinski definition) is 5. The maximum Gasteiger partial charge on any atom is 0.347 e. The van der Waals surface area contributed by atoms with Gasteiger partial charge in [-0.3, -0.25) is 14.7 Å². The van der Waals surface area contributed by atoms with E-state index >= 15 is 0 Å². The normalized spacial score (nSPS) is 12.7. The SMILES string of the molecule is CC(CNC(C)C)Cn1cc([N+](=O)[O-])cnc1=O. The number of nitrogens with one attached hydrogen (secondary N) is 1. The molecule has 1 unspecified atom stereocenters. The van der Waals surface area contributed by atoms with Crippen molar-refractivity contribution in [1.29, 1.82) is 0 Å². The maximum atomic E-state index is 11.5. The second kappa shape index (κ2) is 6.25. The van der Waals surface area contributed by atoms with Crippen LogP contribution in [0.25, 0.3) is 0 Å². The molecule has 1 N–H and O–H groups in total. The van der Waals surface area contributed by atoms with Crippen LogP contribution >= 0.6 is 0 Å². The first-order valence-corrected chi connectivity index (χ1v) is 5.84. The van der Waals surface area contributed by atoms with E-state index in [0.717, 1.165) is 12.7 Å². The van der Waals surface area contributed by atoms with Crippen molar-refractivity contribution in [3.63, 3.8) is 0 Å². The minimum absolute atomic E-state index is 0.168. The van der Waals surface area contributed by atoms with E-state index in [1.165, 1.54) is 10.8 Å². The third-order valence-electron chi connectivity index (χ3n) is 2.43. The number of hydrogen-bond donors (Lipinski definition) is 1. The van der Waals surface area contributed by atoms with Crippen LogP contribution in [0, 0.1) is 16.0 Å². The predicted molar refractivity (Wildman–Crippen MR) is 67.5 cm³/mol. The van der Waals surface area contributed by atoms with Crippen molar-refractivity contribution in [3.05, 3.63) is 33.0 Å². The van der Waals surface area contributed by atoms with Crippen molar-refractivity contribution in [2.75, 3.05) is 6.54 Å². The zero-order valence-corrected chi connectivity index (χ0v) is 10.8. The van der Waals surface area contributed by atoms with Crippen LogP contribution in [0.15, 0.2) is 17.2 Å². The first-order valence-electron chi connectivity index (χ1n) is 5.84. The van der Waals surface area contributed by atoms with E-state index in [-0.39, 0.29) is 11.6 Å². The third kappa shape index (κ3) is 4.25. The molecule has 0 aliphatic carbocycles. The first kappa shape index (κ1) is 14.3. The van der Waals surface area contributed by atoms with E-state index in [4.69, 9.17) is 0 Å². The van der Waals surface area contributed by atoms with Gasteiger partial charge in [0.25, 0.3) is 0 Å². The van der Waals surface area contributed by atoms with Gasteiger partial charge in [0.15, 0.2) is 0 Å². The Morgan fingerprint density at radius 3 is 2.72 bits per heavy atom. The van der Waals surface area contributed by atoms with Crippen LogP contribution in [0.3, 0.4) is 0 Å². The molecule has 0 saturated heterocycles. The van der Waals surface area contributed by atoms with Crippen LogP contribution in [0.5, 0.6) is 0 Å². The average Bonchev–Trinajstić information content (AvgIpc) is 2.29. The molecule has 0 amide bonds. The van der Waals surface area contributed by atoms with Gasteiger partial charge in [-0.05, 0) is 12.5 Å². The van der Waals surface area contributed by atoms with Gasteiger partial charge in [-0.1, -0.05) is 20.8 Å². The van der Waals surface area contributed by atoms with Gasteiger partial charge in [-0.25, -0.2) is 4.79 Å². The highest BCUT2D eigenvalue weighted by Crippen LogP contribution is 2.06.